The predicted molar refractivity (Wildman–Crippen MR) is 107 cm³/mol. The first-order chi connectivity index (χ1) is 12.2. The lowest BCUT2D eigenvalue weighted by Crippen LogP contribution is -2.21. The molecule has 0 saturated heterocycles. The first kappa shape index (κ1) is 17.0. The van der Waals surface area contributed by atoms with Crippen LogP contribution in [0.1, 0.15) is 25.1 Å². The number of hydrogen-bond acceptors (Lipinski definition) is 3. The molecular formula is C22H24N2O. The summed E-state index contributed by atoms with van der Waals surface area (Å²) in [6.07, 6.45) is 4.09. The van der Waals surface area contributed by atoms with E-state index in [2.05, 4.69) is 60.1 Å². The van der Waals surface area contributed by atoms with Gasteiger partial charge in [0.05, 0.1) is 18.3 Å². The quantitative estimate of drug-likeness (QED) is 0.615. The molecule has 3 aromatic rings. The number of fused-ring (bicyclic) bond motifs is 1. The van der Waals surface area contributed by atoms with Crippen LogP contribution in [0.25, 0.3) is 23.1 Å². The molecule has 0 amide bonds. The lowest BCUT2D eigenvalue weighted by Gasteiger charge is -2.22. The maximum absolute atomic E-state index is 5.59. The maximum Gasteiger partial charge on any atom is 0.128 e. The van der Waals surface area contributed by atoms with Gasteiger partial charge in [0.25, 0.3) is 0 Å². The predicted octanol–water partition coefficient (Wildman–Crippen LogP) is 5.26. The standard InChI is InChI=1S/C22H24N2O/c1-4-24(5-2)20-15-12-18(22(16-20)25-3)11-14-19-13-10-17-8-6-7-9-21(17)23-19/h6-16H,4-5H2,1-3H3/b14-11+. The van der Waals surface area contributed by atoms with Crippen molar-refractivity contribution in [1.82, 2.24) is 4.98 Å². The van der Waals surface area contributed by atoms with Gasteiger partial charge in [0.15, 0.2) is 0 Å². The number of pyridine rings is 1. The monoisotopic (exact) mass is 332 g/mol. The third-order valence-electron chi connectivity index (χ3n) is 4.40. The molecule has 25 heavy (non-hydrogen) atoms. The van der Waals surface area contributed by atoms with Crippen LogP contribution < -0.4 is 9.64 Å². The highest BCUT2D eigenvalue weighted by atomic mass is 16.5. The van der Waals surface area contributed by atoms with Crippen LogP contribution in [0, 0.1) is 0 Å². The van der Waals surface area contributed by atoms with E-state index in [4.69, 9.17) is 4.74 Å². The third kappa shape index (κ3) is 3.82. The zero-order chi connectivity index (χ0) is 17.6. The summed E-state index contributed by atoms with van der Waals surface area (Å²) in [4.78, 5) is 6.99. The Morgan fingerprint density at radius 1 is 0.960 bits per heavy atom. The largest absolute Gasteiger partial charge is 0.496 e. The van der Waals surface area contributed by atoms with E-state index in [0.717, 1.165) is 41.0 Å². The number of aromatic nitrogens is 1. The van der Waals surface area contributed by atoms with Crippen molar-refractivity contribution in [1.29, 1.82) is 0 Å². The van der Waals surface area contributed by atoms with E-state index in [0.29, 0.717) is 0 Å². The van der Waals surface area contributed by atoms with Gasteiger partial charge < -0.3 is 9.64 Å². The number of ether oxygens (including phenoxy) is 1. The summed E-state index contributed by atoms with van der Waals surface area (Å²) in [7, 11) is 1.72. The molecule has 0 unspecified atom stereocenters. The highest BCUT2D eigenvalue weighted by Gasteiger charge is 2.06. The van der Waals surface area contributed by atoms with E-state index in [-0.39, 0.29) is 0 Å². The molecule has 3 nitrogen and oxygen atoms in total. The maximum atomic E-state index is 5.59. The van der Waals surface area contributed by atoms with E-state index in [1.54, 1.807) is 7.11 Å². The second-order valence-corrected chi connectivity index (χ2v) is 5.86. The van der Waals surface area contributed by atoms with Crippen LogP contribution in [0.5, 0.6) is 5.75 Å². The van der Waals surface area contributed by atoms with E-state index in [1.807, 2.05) is 30.3 Å². The van der Waals surface area contributed by atoms with Gasteiger partial charge in [0, 0.05) is 35.8 Å². The van der Waals surface area contributed by atoms with Crippen molar-refractivity contribution < 1.29 is 4.74 Å². The Morgan fingerprint density at radius 2 is 1.76 bits per heavy atom. The minimum Gasteiger partial charge on any atom is -0.496 e. The van der Waals surface area contributed by atoms with Gasteiger partial charge >= 0.3 is 0 Å². The van der Waals surface area contributed by atoms with Gasteiger partial charge in [-0.3, -0.25) is 0 Å². The summed E-state index contributed by atoms with van der Waals surface area (Å²) < 4.78 is 5.59. The first-order valence-electron chi connectivity index (χ1n) is 8.72. The van der Waals surface area contributed by atoms with Crippen molar-refractivity contribution in [3.63, 3.8) is 0 Å². The SMILES string of the molecule is CCN(CC)c1ccc(/C=C/c2ccc3ccccc3n2)c(OC)c1. The highest BCUT2D eigenvalue weighted by molar-refractivity contribution is 5.81. The van der Waals surface area contributed by atoms with Crippen molar-refractivity contribution in [3.05, 3.63) is 65.9 Å². The van der Waals surface area contributed by atoms with Crippen LogP contribution in [-0.4, -0.2) is 25.2 Å². The Labute approximate surface area is 149 Å². The average Bonchev–Trinajstić information content (AvgIpc) is 2.67. The van der Waals surface area contributed by atoms with Gasteiger partial charge in [0.2, 0.25) is 0 Å². The summed E-state index contributed by atoms with van der Waals surface area (Å²) in [5.41, 5.74) is 4.18. The molecule has 0 aliphatic rings. The van der Waals surface area contributed by atoms with Gasteiger partial charge in [-0.05, 0) is 50.3 Å². The van der Waals surface area contributed by atoms with Crippen molar-refractivity contribution in [2.45, 2.75) is 13.8 Å². The number of methoxy groups -OCH3 is 1. The zero-order valence-electron chi connectivity index (χ0n) is 15.1. The number of para-hydroxylation sites is 1. The normalized spacial score (nSPS) is 11.2. The van der Waals surface area contributed by atoms with E-state index >= 15 is 0 Å². The molecular weight excluding hydrogens is 308 g/mol. The molecule has 0 aliphatic heterocycles. The molecule has 0 N–H and O–H groups in total. The Bertz CT molecular complexity index is 882. The van der Waals surface area contributed by atoms with E-state index in [1.165, 1.54) is 5.69 Å². The lowest BCUT2D eigenvalue weighted by molar-refractivity contribution is 0.414. The summed E-state index contributed by atoms with van der Waals surface area (Å²) in [6.45, 7) is 6.29. The minimum absolute atomic E-state index is 0.876. The molecule has 1 heterocycles. The molecule has 0 spiro atoms. The van der Waals surface area contributed by atoms with Crippen molar-refractivity contribution >= 4 is 28.7 Å². The summed E-state index contributed by atoms with van der Waals surface area (Å²) in [5.74, 6) is 0.876. The molecule has 0 radical (unpaired) electrons. The van der Waals surface area contributed by atoms with Crippen molar-refractivity contribution in [2.24, 2.45) is 0 Å². The third-order valence-corrected chi connectivity index (χ3v) is 4.40. The Kier molecular flexibility index (Phi) is 5.34. The smallest absolute Gasteiger partial charge is 0.128 e. The molecule has 3 heteroatoms. The zero-order valence-corrected chi connectivity index (χ0v) is 15.1. The molecule has 0 bridgehead atoms. The average molecular weight is 332 g/mol. The van der Waals surface area contributed by atoms with Gasteiger partial charge in [-0.2, -0.15) is 0 Å². The van der Waals surface area contributed by atoms with Crippen LogP contribution in [0.4, 0.5) is 5.69 Å². The van der Waals surface area contributed by atoms with Gasteiger partial charge in [-0.15, -0.1) is 0 Å². The number of hydrogen-bond donors (Lipinski definition) is 0. The molecule has 1 aromatic heterocycles. The Morgan fingerprint density at radius 3 is 2.52 bits per heavy atom. The van der Waals surface area contributed by atoms with Gasteiger partial charge in [0.1, 0.15) is 5.75 Å². The fraction of sp³-hybridized carbons (Fsp3) is 0.227. The first-order valence-corrected chi connectivity index (χ1v) is 8.72. The topological polar surface area (TPSA) is 25.4 Å². The minimum atomic E-state index is 0.876. The van der Waals surface area contributed by atoms with Crippen LogP contribution in [0.2, 0.25) is 0 Å². The van der Waals surface area contributed by atoms with Crippen LogP contribution in [-0.2, 0) is 0 Å². The lowest BCUT2D eigenvalue weighted by atomic mass is 10.1. The fourth-order valence-corrected chi connectivity index (χ4v) is 2.97. The molecule has 2 aromatic carbocycles. The van der Waals surface area contributed by atoms with E-state index < -0.39 is 0 Å². The number of nitrogens with zero attached hydrogens (tertiary/aromatic N) is 2. The molecule has 128 valence electrons. The number of benzene rings is 2. The van der Waals surface area contributed by atoms with Crippen LogP contribution >= 0.6 is 0 Å². The molecule has 0 saturated carbocycles. The van der Waals surface area contributed by atoms with Crippen molar-refractivity contribution in [3.8, 4) is 5.75 Å². The Balaban J connectivity index is 1.88. The molecule has 0 aliphatic carbocycles. The summed E-state index contributed by atoms with van der Waals surface area (Å²) >= 11 is 0. The van der Waals surface area contributed by atoms with Gasteiger partial charge in [-0.1, -0.05) is 24.3 Å². The fourth-order valence-electron chi connectivity index (χ4n) is 2.97. The highest BCUT2D eigenvalue weighted by Crippen LogP contribution is 2.27. The summed E-state index contributed by atoms with van der Waals surface area (Å²) in [5, 5.41) is 1.15. The van der Waals surface area contributed by atoms with E-state index in [9.17, 15) is 0 Å². The number of anilines is 1. The van der Waals surface area contributed by atoms with Gasteiger partial charge in [-0.25, -0.2) is 4.98 Å². The molecule has 3 rings (SSSR count). The second-order valence-electron chi connectivity index (χ2n) is 5.86. The summed E-state index contributed by atoms with van der Waals surface area (Å²) in [6, 6.07) is 18.6. The van der Waals surface area contributed by atoms with Crippen LogP contribution in [0.15, 0.2) is 54.6 Å². The molecule has 0 atom stereocenters. The Hall–Kier alpha value is -2.81. The van der Waals surface area contributed by atoms with Crippen molar-refractivity contribution in [2.75, 3.05) is 25.1 Å². The second kappa shape index (κ2) is 7.84. The molecule has 0 fully saturated rings. The number of rotatable bonds is 6. The van der Waals surface area contributed by atoms with Crippen LogP contribution in [0.3, 0.4) is 0 Å².